The van der Waals surface area contributed by atoms with Gasteiger partial charge in [-0.05, 0) is 12.1 Å². The molecule has 6 heteroatoms. The molecule has 19 heavy (non-hydrogen) atoms. The third-order valence-corrected chi connectivity index (χ3v) is 2.66. The zero-order valence-electron chi connectivity index (χ0n) is 10.9. The van der Waals surface area contributed by atoms with E-state index in [0.717, 1.165) is 5.69 Å². The number of hydrogen-bond acceptors (Lipinski definition) is 4. The zero-order valence-corrected chi connectivity index (χ0v) is 10.9. The topological polar surface area (TPSA) is 73.0 Å². The van der Waals surface area contributed by atoms with Gasteiger partial charge >= 0.3 is 0 Å². The summed E-state index contributed by atoms with van der Waals surface area (Å²) in [4.78, 5) is 10.6. The number of nitrogens with one attached hydrogen (secondary N) is 1. The van der Waals surface area contributed by atoms with Crippen LogP contribution in [0, 0.1) is 10.1 Å². The normalized spacial score (nSPS) is 10.9. The van der Waals surface area contributed by atoms with Crippen LogP contribution in [0.2, 0.25) is 0 Å². The molecule has 0 radical (unpaired) electrons. The van der Waals surface area contributed by atoms with Gasteiger partial charge in [0.05, 0.1) is 10.6 Å². The second-order valence-electron chi connectivity index (χ2n) is 4.53. The number of nitro groups is 1. The van der Waals surface area contributed by atoms with E-state index in [0.29, 0.717) is 18.3 Å². The minimum absolute atomic E-state index is 0.0500. The van der Waals surface area contributed by atoms with Gasteiger partial charge in [-0.1, -0.05) is 26.0 Å². The summed E-state index contributed by atoms with van der Waals surface area (Å²) in [6, 6.07) is 8.79. The number of rotatable bonds is 5. The Labute approximate surface area is 111 Å². The predicted molar refractivity (Wildman–Crippen MR) is 72.2 cm³/mol. The first-order chi connectivity index (χ1) is 9.08. The summed E-state index contributed by atoms with van der Waals surface area (Å²) in [5.41, 5.74) is 1.38. The molecule has 2 rings (SSSR count). The standard InChI is InChI=1S/C13H16N4O2/c1-10(2)14-9-11-7-8-16(15-11)12-5-3-4-6-13(12)17(18)19/h3-8,10,14H,9H2,1-2H3. The lowest BCUT2D eigenvalue weighted by Gasteiger charge is -2.05. The maximum Gasteiger partial charge on any atom is 0.294 e. The van der Waals surface area contributed by atoms with Crippen LogP contribution in [0.3, 0.4) is 0 Å². The van der Waals surface area contributed by atoms with E-state index >= 15 is 0 Å². The molecule has 1 N–H and O–H groups in total. The number of nitrogens with zero attached hydrogens (tertiary/aromatic N) is 3. The molecule has 0 unspecified atom stereocenters. The van der Waals surface area contributed by atoms with Crippen molar-refractivity contribution in [2.24, 2.45) is 0 Å². The molecule has 0 spiro atoms. The van der Waals surface area contributed by atoms with Crippen molar-refractivity contribution in [3.05, 3.63) is 52.3 Å². The van der Waals surface area contributed by atoms with Gasteiger partial charge in [0, 0.05) is 24.8 Å². The van der Waals surface area contributed by atoms with Crippen LogP contribution in [0.5, 0.6) is 0 Å². The first-order valence-electron chi connectivity index (χ1n) is 6.09. The molecule has 0 aliphatic heterocycles. The Morgan fingerprint density at radius 3 is 2.79 bits per heavy atom. The van der Waals surface area contributed by atoms with Gasteiger partial charge in [0.2, 0.25) is 0 Å². The summed E-state index contributed by atoms with van der Waals surface area (Å²) in [6.45, 7) is 4.75. The van der Waals surface area contributed by atoms with E-state index in [9.17, 15) is 10.1 Å². The predicted octanol–water partition coefficient (Wildman–Crippen LogP) is 2.28. The molecule has 0 atom stereocenters. The smallest absolute Gasteiger partial charge is 0.294 e. The lowest BCUT2D eigenvalue weighted by atomic mass is 10.3. The molecule has 0 aliphatic rings. The van der Waals surface area contributed by atoms with E-state index in [2.05, 4.69) is 24.3 Å². The molecule has 0 saturated carbocycles. The van der Waals surface area contributed by atoms with Gasteiger partial charge in [-0.2, -0.15) is 5.10 Å². The fourth-order valence-corrected chi connectivity index (χ4v) is 1.71. The van der Waals surface area contributed by atoms with Crippen LogP contribution < -0.4 is 5.32 Å². The molecule has 0 saturated heterocycles. The molecule has 1 heterocycles. The summed E-state index contributed by atoms with van der Waals surface area (Å²) in [5.74, 6) is 0. The third kappa shape index (κ3) is 3.17. The molecule has 100 valence electrons. The summed E-state index contributed by atoms with van der Waals surface area (Å²) >= 11 is 0. The van der Waals surface area contributed by atoms with E-state index in [1.165, 1.54) is 10.7 Å². The highest BCUT2D eigenvalue weighted by Gasteiger charge is 2.14. The van der Waals surface area contributed by atoms with E-state index < -0.39 is 4.92 Å². The first-order valence-corrected chi connectivity index (χ1v) is 6.09. The minimum atomic E-state index is -0.400. The molecular formula is C13H16N4O2. The maximum absolute atomic E-state index is 11.0. The summed E-state index contributed by atoms with van der Waals surface area (Å²) in [7, 11) is 0. The van der Waals surface area contributed by atoms with Crippen LogP contribution in [0.1, 0.15) is 19.5 Å². The summed E-state index contributed by atoms with van der Waals surface area (Å²) < 4.78 is 1.54. The van der Waals surface area contributed by atoms with Crippen LogP contribution >= 0.6 is 0 Å². The van der Waals surface area contributed by atoms with Crippen molar-refractivity contribution in [3.63, 3.8) is 0 Å². The van der Waals surface area contributed by atoms with Crippen LogP contribution in [0.15, 0.2) is 36.5 Å². The SMILES string of the molecule is CC(C)NCc1ccn(-c2ccccc2[N+](=O)[O-])n1. The largest absolute Gasteiger partial charge is 0.309 e. The number of aromatic nitrogens is 2. The second-order valence-corrected chi connectivity index (χ2v) is 4.53. The highest BCUT2D eigenvalue weighted by Crippen LogP contribution is 2.21. The van der Waals surface area contributed by atoms with Crippen molar-refractivity contribution >= 4 is 5.69 Å². The van der Waals surface area contributed by atoms with Crippen LogP contribution in [0.25, 0.3) is 5.69 Å². The average molecular weight is 260 g/mol. The quantitative estimate of drug-likeness (QED) is 0.661. The Bertz CT molecular complexity index is 578. The number of para-hydroxylation sites is 2. The molecule has 1 aromatic heterocycles. The van der Waals surface area contributed by atoms with Gasteiger partial charge in [-0.25, -0.2) is 4.68 Å². The maximum atomic E-state index is 11.0. The first kappa shape index (κ1) is 13.2. The van der Waals surface area contributed by atoms with Gasteiger partial charge in [0.25, 0.3) is 5.69 Å². The summed E-state index contributed by atoms with van der Waals surface area (Å²) in [5, 5.41) is 18.6. The Balaban J connectivity index is 2.25. The Kier molecular flexibility index (Phi) is 3.91. The van der Waals surface area contributed by atoms with E-state index in [4.69, 9.17) is 0 Å². The van der Waals surface area contributed by atoms with Crippen molar-refractivity contribution in [3.8, 4) is 5.69 Å². The van der Waals surface area contributed by atoms with Gasteiger partial charge in [0.1, 0.15) is 5.69 Å². The lowest BCUT2D eigenvalue weighted by Crippen LogP contribution is -2.22. The fourth-order valence-electron chi connectivity index (χ4n) is 1.71. The highest BCUT2D eigenvalue weighted by molar-refractivity contribution is 5.51. The van der Waals surface area contributed by atoms with Crippen molar-refractivity contribution in [1.29, 1.82) is 0 Å². The average Bonchev–Trinajstić information content (AvgIpc) is 2.85. The van der Waals surface area contributed by atoms with Gasteiger partial charge < -0.3 is 5.32 Å². The molecular weight excluding hydrogens is 244 g/mol. The monoisotopic (exact) mass is 260 g/mol. The van der Waals surface area contributed by atoms with E-state index in [-0.39, 0.29) is 5.69 Å². The second kappa shape index (κ2) is 5.62. The van der Waals surface area contributed by atoms with Gasteiger partial charge in [-0.15, -0.1) is 0 Å². The van der Waals surface area contributed by atoms with E-state index in [1.807, 2.05) is 6.07 Å². The van der Waals surface area contributed by atoms with Crippen LogP contribution in [0.4, 0.5) is 5.69 Å². The van der Waals surface area contributed by atoms with Crippen molar-refractivity contribution < 1.29 is 4.92 Å². The Morgan fingerprint density at radius 1 is 1.37 bits per heavy atom. The number of nitro benzene ring substituents is 1. The molecule has 0 bridgehead atoms. The van der Waals surface area contributed by atoms with E-state index in [1.54, 1.807) is 24.4 Å². The lowest BCUT2D eigenvalue weighted by molar-refractivity contribution is -0.384. The van der Waals surface area contributed by atoms with Crippen LogP contribution in [-0.2, 0) is 6.54 Å². The minimum Gasteiger partial charge on any atom is -0.309 e. The molecule has 0 fully saturated rings. The van der Waals surface area contributed by atoms with Crippen molar-refractivity contribution in [2.75, 3.05) is 0 Å². The van der Waals surface area contributed by atoms with Crippen molar-refractivity contribution in [2.45, 2.75) is 26.4 Å². The molecule has 2 aromatic rings. The van der Waals surface area contributed by atoms with Gasteiger partial charge in [-0.3, -0.25) is 10.1 Å². The molecule has 0 aliphatic carbocycles. The summed E-state index contributed by atoms with van der Waals surface area (Å²) in [6.07, 6.45) is 1.74. The van der Waals surface area contributed by atoms with Gasteiger partial charge in [0.15, 0.2) is 0 Å². The molecule has 1 aromatic carbocycles. The number of hydrogen-bond donors (Lipinski definition) is 1. The zero-order chi connectivity index (χ0) is 13.8. The molecule has 6 nitrogen and oxygen atoms in total. The highest BCUT2D eigenvalue weighted by atomic mass is 16.6. The van der Waals surface area contributed by atoms with Crippen molar-refractivity contribution in [1.82, 2.24) is 15.1 Å². The molecule has 0 amide bonds. The van der Waals surface area contributed by atoms with Crippen LogP contribution in [-0.4, -0.2) is 20.7 Å². The Hall–Kier alpha value is -2.21. The third-order valence-electron chi connectivity index (χ3n) is 2.66. The number of benzene rings is 1. The fraction of sp³-hybridized carbons (Fsp3) is 0.308. The Morgan fingerprint density at radius 2 is 2.11 bits per heavy atom.